The Morgan fingerprint density at radius 3 is 2.38 bits per heavy atom. The van der Waals surface area contributed by atoms with Crippen molar-refractivity contribution in [1.29, 1.82) is 0 Å². The summed E-state index contributed by atoms with van der Waals surface area (Å²) in [5.74, 6) is -0.309. The first kappa shape index (κ1) is 13.6. The summed E-state index contributed by atoms with van der Waals surface area (Å²) in [6.45, 7) is 0. The van der Waals surface area contributed by atoms with Gasteiger partial charge in [0, 0.05) is 14.1 Å². The van der Waals surface area contributed by atoms with Crippen LogP contribution >= 0.6 is 0 Å². The standard InChI is InChI=1S/C16H16FN3O/c1-19-13-7-6-11(9-14(13)20(2)16(19)21)15(18)10-4-3-5-12(17)8-10/h3-9,15H,18H2,1-2H3. The number of rotatable bonds is 2. The summed E-state index contributed by atoms with van der Waals surface area (Å²) in [5.41, 5.74) is 9.33. The van der Waals surface area contributed by atoms with Gasteiger partial charge < -0.3 is 5.73 Å². The van der Waals surface area contributed by atoms with E-state index in [1.54, 1.807) is 35.4 Å². The molecule has 0 amide bonds. The van der Waals surface area contributed by atoms with Gasteiger partial charge in [-0.15, -0.1) is 0 Å². The van der Waals surface area contributed by atoms with Crippen molar-refractivity contribution in [3.8, 4) is 0 Å². The Kier molecular flexibility index (Phi) is 3.14. The van der Waals surface area contributed by atoms with Gasteiger partial charge in [-0.3, -0.25) is 9.13 Å². The van der Waals surface area contributed by atoms with E-state index in [1.807, 2.05) is 18.2 Å². The molecule has 0 fully saturated rings. The molecule has 3 aromatic rings. The van der Waals surface area contributed by atoms with Gasteiger partial charge >= 0.3 is 5.69 Å². The molecule has 0 saturated carbocycles. The van der Waals surface area contributed by atoms with Gasteiger partial charge in [0.15, 0.2) is 0 Å². The number of hydrogen-bond acceptors (Lipinski definition) is 2. The van der Waals surface area contributed by atoms with Crippen LogP contribution in [0.5, 0.6) is 0 Å². The Labute approximate surface area is 121 Å². The molecule has 0 aliphatic heterocycles. The monoisotopic (exact) mass is 285 g/mol. The second kappa shape index (κ2) is 4.86. The van der Waals surface area contributed by atoms with Crippen molar-refractivity contribution in [2.24, 2.45) is 19.8 Å². The molecule has 3 rings (SSSR count). The van der Waals surface area contributed by atoms with Crippen molar-refractivity contribution in [3.63, 3.8) is 0 Å². The molecular weight excluding hydrogens is 269 g/mol. The molecule has 21 heavy (non-hydrogen) atoms. The predicted octanol–water partition coefficient (Wildman–Crippen LogP) is 2.06. The van der Waals surface area contributed by atoms with E-state index in [9.17, 15) is 9.18 Å². The molecule has 108 valence electrons. The van der Waals surface area contributed by atoms with Gasteiger partial charge in [-0.05, 0) is 35.4 Å². The maximum absolute atomic E-state index is 13.3. The molecule has 1 atom stereocenters. The van der Waals surface area contributed by atoms with Crippen LogP contribution in [-0.4, -0.2) is 9.13 Å². The molecule has 2 aromatic carbocycles. The van der Waals surface area contributed by atoms with Crippen molar-refractivity contribution >= 4 is 11.0 Å². The maximum Gasteiger partial charge on any atom is 0.328 e. The van der Waals surface area contributed by atoms with Crippen LogP contribution in [0.2, 0.25) is 0 Å². The van der Waals surface area contributed by atoms with Crippen LogP contribution < -0.4 is 11.4 Å². The Morgan fingerprint density at radius 1 is 1.00 bits per heavy atom. The highest BCUT2D eigenvalue weighted by atomic mass is 19.1. The van der Waals surface area contributed by atoms with E-state index >= 15 is 0 Å². The fourth-order valence-corrected chi connectivity index (χ4v) is 2.61. The van der Waals surface area contributed by atoms with Crippen molar-refractivity contribution in [2.45, 2.75) is 6.04 Å². The van der Waals surface area contributed by atoms with Crippen LogP contribution in [0.4, 0.5) is 4.39 Å². The molecule has 1 heterocycles. The Bertz CT molecular complexity index is 879. The Balaban J connectivity index is 2.13. The number of imidazole rings is 1. The third-order valence-electron chi connectivity index (χ3n) is 3.86. The summed E-state index contributed by atoms with van der Waals surface area (Å²) in [5, 5.41) is 0. The van der Waals surface area contributed by atoms with Crippen LogP contribution in [0.1, 0.15) is 17.2 Å². The highest BCUT2D eigenvalue weighted by molar-refractivity contribution is 5.77. The first-order valence-electron chi connectivity index (χ1n) is 6.65. The summed E-state index contributed by atoms with van der Waals surface area (Å²) in [7, 11) is 3.46. The van der Waals surface area contributed by atoms with E-state index < -0.39 is 6.04 Å². The largest absolute Gasteiger partial charge is 0.328 e. The van der Waals surface area contributed by atoms with Crippen molar-refractivity contribution in [3.05, 3.63) is 69.9 Å². The third kappa shape index (κ3) is 2.15. The van der Waals surface area contributed by atoms with Gasteiger partial charge in [0.25, 0.3) is 0 Å². The molecule has 0 saturated heterocycles. The normalized spacial score (nSPS) is 12.8. The zero-order chi connectivity index (χ0) is 15.1. The summed E-state index contributed by atoms with van der Waals surface area (Å²) >= 11 is 0. The quantitative estimate of drug-likeness (QED) is 0.783. The van der Waals surface area contributed by atoms with E-state index in [1.165, 1.54) is 12.1 Å². The van der Waals surface area contributed by atoms with Crippen molar-refractivity contribution in [1.82, 2.24) is 9.13 Å². The smallest absolute Gasteiger partial charge is 0.320 e. The molecule has 1 aromatic heterocycles. The molecule has 4 nitrogen and oxygen atoms in total. The summed E-state index contributed by atoms with van der Waals surface area (Å²) in [4.78, 5) is 11.9. The van der Waals surface area contributed by atoms with E-state index in [2.05, 4.69) is 0 Å². The van der Waals surface area contributed by atoms with E-state index in [0.29, 0.717) is 5.56 Å². The van der Waals surface area contributed by atoms with Gasteiger partial charge in [-0.25, -0.2) is 9.18 Å². The lowest BCUT2D eigenvalue weighted by Gasteiger charge is -2.13. The average Bonchev–Trinajstić information content (AvgIpc) is 2.71. The number of nitrogens with two attached hydrogens (primary N) is 1. The van der Waals surface area contributed by atoms with E-state index in [-0.39, 0.29) is 11.5 Å². The second-order valence-electron chi connectivity index (χ2n) is 5.18. The van der Waals surface area contributed by atoms with Crippen LogP contribution in [0.15, 0.2) is 47.3 Å². The fraction of sp³-hybridized carbons (Fsp3) is 0.188. The molecule has 0 radical (unpaired) electrons. The van der Waals surface area contributed by atoms with Gasteiger partial charge in [-0.2, -0.15) is 0 Å². The van der Waals surface area contributed by atoms with Gasteiger partial charge in [0.05, 0.1) is 17.1 Å². The summed E-state index contributed by atoms with van der Waals surface area (Å²) < 4.78 is 16.5. The third-order valence-corrected chi connectivity index (χ3v) is 3.86. The summed E-state index contributed by atoms with van der Waals surface area (Å²) in [6, 6.07) is 11.4. The van der Waals surface area contributed by atoms with Crippen LogP contribution in [0.3, 0.4) is 0 Å². The minimum absolute atomic E-state index is 0.0820. The van der Waals surface area contributed by atoms with Gasteiger partial charge in [0.1, 0.15) is 5.82 Å². The Morgan fingerprint density at radius 2 is 1.67 bits per heavy atom. The SMILES string of the molecule is Cn1c(=O)n(C)c2cc(C(N)c3cccc(F)c3)ccc21. The molecule has 1 unspecified atom stereocenters. The van der Waals surface area contributed by atoms with Crippen LogP contribution in [0, 0.1) is 5.82 Å². The minimum Gasteiger partial charge on any atom is -0.320 e. The van der Waals surface area contributed by atoms with Gasteiger partial charge in [0.2, 0.25) is 0 Å². The molecule has 0 aliphatic carbocycles. The topological polar surface area (TPSA) is 53.0 Å². The van der Waals surface area contributed by atoms with Crippen LogP contribution in [0.25, 0.3) is 11.0 Å². The predicted molar refractivity (Wildman–Crippen MR) is 80.6 cm³/mol. The first-order valence-corrected chi connectivity index (χ1v) is 6.65. The Hall–Kier alpha value is -2.40. The average molecular weight is 285 g/mol. The lowest BCUT2D eigenvalue weighted by Crippen LogP contribution is -2.19. The molecular formula is C16H16FN3O. The number of nitrogens with zero attached hydrogens (tertiary/aromatic N) is 2. The first-order chi connectivity index (χ1) is 9.99. The number of benzene rings is 2. The highest BCUT2D eigenvalue weighted by Gasteiger charge is 2.13. The zero-order valence-corrected chi connectivity index (χ0v) is 11.9. The van der Waals surface area contributed by atoms with Crippen molar-refractivity contribution in [2.75, 3.05) is 0 Å². The number of aromatic nitrogens is 2. The number of halogens is 1. The molecule has 0 aliphatic rings. The fourth-order valence-electron chi connectivity index (χ4n) is 2.61. The highest BCUT2D eigenvalue weighted by Crippen LogP contribution is 2.23. The molecule has 0 spiro atoms. The number of aryl methyl sites for hydroxylation is 2. The van der Waals surface area contributed by atoms with E-state index in [4.69, 9.17) is 5.73 Å². The maximum atomic E-state index is 13.3. The van der Waals surface area contributed by atoms with Gasteiger partial charge in [-0.1, -0.05) is 18.2 Å². The van der Waals surface area contributed by atoms with Crippen molar-refractivity contribution < 1.29 is 4.39 Å². The lowest BCUT2D eigenvalue weighted by atomic mass is 9.99. The molecule has 2 N–H and O–H groups in total. The molecule has 0 bridgehead atoms. The second-order valence-corrected chi connectivity index (χ2v) is 5.18. The summed E-state index contributed by atoms with van der Waals surface area (Å²) in [6.07, 6.45) is 0. The van der Waals surface area contributed by atoms with Crippen LogP contribution in [-0.2, 0) is 14.1 Å². The number of fused-ring (bicyclic) bond motifs is 1. The van der Waals surface area contributed by atoms with E-state index in [0.717, 1.165) is 16.6 Å². The minimum atomic E-state index is -0.430. The lowest BCUT2D eigenvalue weighted by molar-refractivity contribution is 0.623. The zero-order valence-electron chi connectivity index (χ0n) is 11.9. The molecule has 5 heteroatoms. The number of hydrogen-bond donors (Lipinski definition) is 1.